The van der Waals surface area contributed by atoms with E-state index in [1.165, 1.54) is 18.2 Å². The van der Waals surface area contributed by atoms with Gasteiger partial charge in [0.25, 0.3) is 5.69 Å². The summed E-state index contributed by atoms with van der Waals surface area (Å²) in [4.78, 5) is 33.0. The molecule has 0 unspecified atom stereocenters. The van der Waals surface area contributed by atoms with Crippen molar-refractivity contribution in [3.63, 3.8) is 0 Å². The molecule has 0 aromatic heterocycles. The van der Waals surface area contributed by atoms with Crippen molar-refractivity contribution in [2.45, 2.75) is 19.8 Å². The summed E-state index contributed by atoms with van der Waals surface area (Å²) in [5.41, 5.74) is -0.769. The number of hydrogen-bond acceptors (Lipinski definition) is 4. The molecule has 0 bridgehead atoms. The Bertz CT molecular complexity index is 577. The molecule has 1 aliphatic rings. The summed E-state index contributed by atoms with van der Waals surface area (Å²) in [5.74, 6) is -1.79. The molecule has 1 amide bonds. The molecule has 1 saturated carbocycles. The largest absolute Gasteiger partial charge is 0.480 e. The van der Waals surface area contributed by atoms with Crippen LogP contribution in [0.1, 0.15) is 18.4 Å². The van der Waals surface area contributed by atoms with Crippen LogP contribution in [0.5, 0.6) is 0 Å². The Morgan fingerprint density at radius 2 is 2.05 bits per heavy atom. The van der Waals surface area contributed by atoms with Crippen LogP contribution in [0.3, 0.4) is 0 Å². The number of carbonyl (C=O) groups excluding carboxylic acids is 1. The van der Waals surface area contributed by atoms with Gasteiger partial charge in [0.1, 0.15) is 5.41 Å². The molecule has 19 heavy (non-hydrogen) atoms. The summed E-state index contributed by atoms with van der Waals surface area (Å²) in [7, 11) is 0. The molecule has 1 fully saturated rings. The molecule has 0 saturated heterocycles. The third kappa shape index (κ3) is 2.26. The Hall–Kier alpha value is -2.44. The van der Waals surface area contributed by atoms with Gasteiger partial charge in [-0.2, -0.15) is 0 Å². The van der Waals surface area contributed by atoms with Gasteiger partial charge in [-0.15, -0.1) is 0 Å². The molecule has 0 radical (unpaired) electrons. The van der Waals surface area contributed by atoms with E-state index in [-0.39, 0.29) is 11.4 Å². The lowest BCUT2D eigenvalue weighted by molar-refractivity contribution is -0.385. The van der Waals surface area contributed by atoms with Crippen molar-refractivity contribution in [3.8, 4) is 0 Å². The average Bonchev–Trinajstić information content (AvgIpc) is 3.12. The van der Waals surface area contributed by atoms with Crippen molar-refractivity contribution in [1.29, 1.82) is 0 Å². The second kappa shape index (κ2) is 4.34. The van der Waals surface area contributed by atoms with Crippen molar-refractivity contribution in [1.82, 2.24) is 0 Å². The summed E-state index contributed by atoms with van der Waals surface area (Å²) >= 11 is 0. The van der Waals surface area contributed by atoms with E-state index in [4.69, 9.17) is 5.11 Å². The van der Waals surface area contributed by atoms with Crippen LogP contribution < -0.4 is 5.32 Å². The Balaban J connectivity index is 2.21. The van der Waals surface area contributed by atoms with E-state index in [1.807, 2.05) is 0 Å². The number of nitro benzene ring substituents is 1. The highest BCUT2D eigenvalue weighted by atomic mass is 16.6. The molecule has 1 aromatic carbocycles. The van der Waals surface area contributed by atoms with E-state index in [0.717, 1.165) is 0 Å². The first-order valence-electron chi connectivity index (χ1n) is 5.67. The Morgan fingerprint density at radius 1 is 1.42 bits per heavy atom. The summed E-state index contributed by atoms with van der Waals surface area (Å²) in [6.45, 7) is 1.59. The summed E-state index contributed by atoms with van der Waals surface area (Å²) in [5, 5.41) is 22.2. The molecular weight excluding hydrogens is 252 g/mol. The van der Waals surface area contributed by atoms with E-state index in [0.29, 0.717) is 18.4 Å². The van der Waals surface area contributed by atoms with Gasteiger partial charge in [-0.1, -0.05) is 6.07 Å². The number of aryl methyl sites for hydroxylation is 1. The van der Waals surface area contributed by atoms with Crippen LogP contribution in [0.15, 0.2) is 18.2 Å². The van der Waals surface area contributed by atoms with Gasteiger partial charge in [0.05, 0.1) is 4.92 Å². The van der Waals surface area contributed by atoms with Crippen LogP contribution in [0.4, 0.5) is 11.4 Å². The third-order valence-electron chi connectivity index (χ3n) is 3.26. The van der Waals surface area contributed by atoms with E-state index in [9.17, 15) is 19.7 Å². The number of carbonyl (C=O) groups is 2. The molecule has 100 valence electrons. The first-order chi connectivity index (χ1) is 8.86. The Kier molecular flexibility index (Phi) is 2.97. The minimum Gasteiger partial charge on any atom is -0.480 e. The minimum atomic E-state index is -1.36. The van der Waals surface area contributed by atoms with Crippen molar-refractivity contribution in [2.75, 3.05) is 5.32 Å². The standard InChI is InChI=1S/C12H12N2O5/c1-7-2-3-8(6-9(7)14(18)19)13-10(15)12(4-5-12)11(16)17/h2-3,6H,4-5H2,1H3,(H,13,15)(H,16,17). The second-order valence-electron chi connectivity index (χ2n) is 4.60. The van der Waals surface area contributed by atoms with E-state index >= 15 is 0 Å². The fraction of sp³-hybridized carbons (Fsp3) is 0.333. The lowest BCUT2D eigenvalue weighted by Gasteiger charge is -2.11. The van der Waals surface area contributed by atoms with Crippen LogP contribution >= 0.6 is 0 Å². The van der Waals surface area contributed by atoms with Gasteiger partial charge in [0.2, 0.25) is 5.91 Å². The van der Waals surface area contributed by atoms with Gasteiger partial charge in [-0.3, -0.25) is 19.7 Å². The minimum absolute atomic E-state index is 0.113. The maximum atomic E-state index is 11.8. The fourth-order valence-electron chi connectivity index (χ4n) is 1.80. The number of amides is 1. The number of nitro groups is 1. The number of nitrogens with one attached hydrogen (secondary N) is 1. The third-order valence-corrected chi connectivity index (χ3v) is 3.26. The number of carboxylic acid groups (broad SMARTS) is 1. The lowest BCUT2D eigenvalue weighted by Crippen LogP contribution is -2.31. The van der Waals surface area contributed by atoms with Crippen LogP contribution in [0, 0.1) is 22.5 Å². The number of nitrogens with zero attached hydrogens (tertiary/aromatic N) is 1. The summed E-state index contributed by atoms with van der Waals surface area (Å²) in [6, 6.07) is 4.25. The topological polar surface area (TPSA) is 110 Å². The number of rotatable bonds is 4. The molecule has 2 rings (SSSR count). The highest BCUT2D eigenvalue weighted by Crippen LogP contribution is 2.46. The van der Waals surface area contributed by atoms with E-state index in [1.54, 1.807) is 6.92 Å². The van der Waals surface area contributed by atoms with Crippen LogP contribution in [0.25, 0.3) is 0 Å². The number of aliphatic carboxylic acids is 1. The van der Waals surface area contributed by atoms with E-state index in [2.05, 4.69) is 5.32 Å². The van der Waals surface area contributed by atoms with Crippen LogP contribution in [-0.2, 0) is 9.59 Å². The van der Waals surface area contributed by atoms with Gasteiger partial charge in [-0.25, -0.2) is 0 Å². The maximum Gasteiger partial charge on any atom is 0.319 e. The fourth-order valence-corrected chi connectivity index (χ4v) is 1.80. The molecule has 7 nitrogen and oxygen atoms in total. The monoisotopic (exact) mass is 264 g/mol. The number of carboxylic acids is 1. The van der Waals surface area contributed by atoms with Gasteiger partial charge in [-0.05, 0) is 25.8 Å². The molecular formula is C12H12N2O5. The molecule has 2 N–H and O–H groups in total. The van der Waals surface area contributed by atoms with Gasteiger partial charge < -0.3 is 10.4 Å². The SMILES string of the molecule is Cc1ccc(NC(=O)C2(C(=O)O)CC2)cc1[N+](=O)[O-]. The average molecular weight is 264 g/mol. The number of anilines is 1. The van der Waals surface area contributed by atoms with Crippen molar-refractivity contribution >= 4 is 23.3 Å². The zero-order valence-corrected chi connectivity index (χ0v) is 10.2. The molecule has 0 aliphatic heterocycles. The van der Waals surface area contributed by atoms with Crippen molar-refractivity contribution in [3.05, 3.63) is 33.9 Å². The Morgan fingerprint density at radius 3 is 2.53 bits per heavy atom. The van der Waals surface area contributed by atoms with Crippen LogP contribution in [-0.4, -0.2) is 21.9 Å². The quantitative estimate of drug-likeness (QED) is 0.488. The van der Waals surface area contributed by atoms with Crippen molar-refractivity contribution in [2.24, 2.45) is 5.41 Å². The lowest BCUT2D eigenvalue weighted by atomic mass is 10.1. The van der Waals surface area contributed by atoms with E-state index < -0.39 is 22.2 Å². The number of hydrogen-bond donors (Lipinski definition) is 2. The normalized spacial score (nSPS) is 15.6. The van der Waals surface area contributed by atoms with Gasteiger partial charge in [0.15, 0.2) is 0 Å². The predicted octanol–water partition coefficient (Wildman–Crippen LogP) is 1.71. The summed E-state index contributed by atoms with van der Waals surface area (Å²) in [6.07, 6.45) is 0.588. The predicted molar refractivity (Wildman–Crippen MR) is 65.8 cm³/mol. The second-order valence-corrected chi connectivity index (χ2v) is 4.60. The first-order valence-corrected chi connectivity index (χ1v) is 5.67. The summed E-state index contributed by atoms with van der Waals surface area (Å²) < 4.78 is 0. The molecule has 0 spiro atoms. The molecule has 1 aliphatic carbocycles. The highest BCUT2D eigenvalue weighted by Gasteiger charge is 2.57. The molecule has 1 aromatic rings. The maximum absolute atomic E-state index is 11.8. The Labute approximate surface area is 108 Å². The van der Waals surface area contributed by atoms with Gasteiger partial charge in [0, 0.05) is 17.3 Å². The molecule has 0 atom stereocenters. The van der Waals surface area contributed by atoms with Crippen LogP contribution in [0.2, 0.25) is 0 Å². The smallest absolute Gasteiger partial charge is 0.319 e. The van der Waals surface area contributed by atoms with Gasteiger partial charge >= 0.3 is 5.97 Å². The molecule has 0 heterocycles. The van der Waals surface area contributed by atoms with Crippen molar-refractivity contribution < 1.29 is 19.6 Å². The highest BCUT2D eigenvalue weighted by molar-refractivity contribution is 6.10. The molecule has 7 heteroatoms. The zero-order valence-electron chi connectivity index (χ0n) is 10.2. The number of benzene rings is 1. The first kappa shape index (κ1) is 13.0. The zero-order chi connectivity index (χ0) is 14.2.